The van der Waals surface area contributed by atoms with Gasteiger partial charge in [-0.1, -0.05) is 12.2 Å². The van der Waals surface area contributed by atoms with Crippen molar-refractivity contribution in [2.75, 3.05) is 0 Å². The highest BCUT2D eigenvalue weighted by Crippen LogP contribution is 2.04. The quantitative estimate of drug-likeness (QED) is 0.403. The Hall–Kier alpha value is -0.165. The van der Waals surface area contributed by atoms with Crippen LogP contribution in [0.3, 0.4) is 0 Å². The average Bonchev–Trinajstić information content (AvgIpc) is 1.68. The van der Waals surface area contributed by atoms with Crippen molar-refractivity contribution in [1.29, 1.82) is 0 Å². The minimum absolute atomic E-state index is 0.199. The lowest BCUT2D eigenvalue weighted by Gasteiger charge is -1.93. The van der Waals surface area contributed by atoms with Gasteiger partial charge in [0.1, 0.15) is 0 Å². The lowest BCUT2D eigenvalue weighted by molar-refractivity contribution is 1.59. The van der Waals surface area contributed by atoms with Gasteiger partial charge in [0.25, 0.3) is 6.13 Å². The van der Waals surface area contributed by atoms with E-state index in [1.807, 2.05) is 12.2 Å². The van der Waals surface area contributed by atoms with Crippen LogP contribution in [-0.4, -0.2) is 6.13 Å². The third-order valence-corrected chi connectivity index (χ3v) is 1.20. The Kier molecular flexibility index (Phi) is 4.88. The Morgan fingerprint density at radius 2 is 1.62 bits per heavy atom. The fourth-order valence-corrected chi connectivity index (χ4v) is 0.710. The van der Waals surface area contributed by atoms with Gasteiger partial charge in [-0.2, -0.15) is 11.5 Å². The molecule has 0 aliphatic heterocycles. The van der Waals surface area contributed by atoms with Gasteiger partial charge in [0.2, 0.25) is 0 Å². The number of rotatable bonds is 4. The molecule has 0 aromatic carbocycles. The molecule has 0 aromatic rings. The second-order valence-electron chi connectivity index (χ2n) is 1.65. The first kappa shape index (κ1) is 7.83. The fourth-order valence-electron chi connectivity index (χ4n) is 0.458. The van der Waals surface area contributed by atoms with Crippen LogP contribution < -0.4 is 0 Å². The lowest BCUT2D eigenvalue weighted by Crippen LogP contribution is -1.97. The van der Waals surface area contributed by atoms with Crippen molar-refractivity contribution in [1.82, 2.24) is 0 Å². The Labute approximate surface area is 56.2 Å². The van der Waals surface area contributed by atoms with Gasteiger partial charge >= 0.3 is 0 Å². The zero-order valence-corrected chi connectivity index (χ0v) is 5.69. The largest absolute Gasteiger partial charge is 0.258 e. The van der Waals surface area contributed by atoms with Crippen LogP contribution in [0, 0.1) is 0 Å². The van der Waals surface area contributed by atoms with E-state index in [0.29, 0.717) is 0 Å². The van der Waals surface area contributed by atoms with E-state index in [4.69, 9.17) is 11.5 Å². The van der Waals surface area contributed by atoms with Crippen LogP contribution in [0.2, 0.25) is 12.6 Å². The summed E-state index contributed by atoms with van der Waals surface area (Å²) in [5, 5.41) is 0. The Balaban J connectivity index is 3.16. The molecule has 0 aromatic heterocycles. The summed E-state index contributed by atoms with van der Waals surface area (Å²) >= 11 is 5.74. The summed E-state index contributed by atoms with van der Waals surface area (Å²) in [6.45, 7) is 7.13. The van der Waals surface area contributed by atoms with Gasteiger partial charge in [-0.15, -0.1) is 13.2 Å². The third-order valence-electron chi connectivity index (χ3n) is 0.845. The molecule has 0 atom stereocenters. The van der Waals surface area contributed by atoms with Crippen molar-refractivity contribution in [2.45, 2.75) is 12.6 Å². The zero-order chi connectivity index (χ0) is 6.41. The highest BCUT2D eigenvalue weighted by Gasteiger charge is 2.02. The van der Waals surface area contributed by atoms with Crippen LogP contribution in [0.5, 0.6) is 0 Å². The minimum atomic E-state index is 0.199. The van der Waals surface area contributed by atoms with E-state index in [1.54, 1.807) is 0 Å². The maximum atomic E-state index is 5.74. The molecular formula is C6H10BCl. The molecule has 0 unspecified atom stereocenters. The Morgan fingerprint density at radius 1 is 1.25 bits per heavy atom. The highest BCUT2D eigenvalue weighted by atomic mass is 35.5. The van der Waals surface area contributed by atoms with E-state index >= 15 is 0 Å². The van der Waals surface area contributed by atoms with Crippen molar-refractivity contribution in [3.8, 4) is 0 Å². The van der Waals surface area contributed by atoms with E-state index in [0.717, 1.165) is 12.6 Å². The highest BCUT2D eigenvalue weighted by molar-refractivity contribution is 7.07. The molecule has 0 saturated heterocycles. The summed E-state index contributed by atoms with van der Waals surface area (Å²) < 4.78 is 0. The van der Waals surface area contributed by atoms with Crippen LogP contribution in [0.15, 0.2) is 25.3 Å². The molecule has 0 rings (SSSR count). The molecule has 0 saturated carbocycles. The maximum Gasteiger partial charge on any atom is 0.258 e. The second kappa shape index (κ2) is 4.98. The molecule has 0 aliphatic carbocycles. The Morgan fingerprint density at radius 3 is 1.88 bits per heavy atom. The van der Waals surface area contributed by atoms with Gasteiger partial charge < -0.3 is 0 Å². The monoisotopic (exact) mass is 128 g/mol. The van der Waals surface area contributed by atoms with E-state index in [1.165, 1.54) is 0 Å². The average molecular weight is 128 g/mol. The minimum Gasteiger partial charge on any atom is -0.195 e. The fraction of sp³-hybridized carbons (Fsp3) is 0.333. The number of hydrogen-bond acceptors (Lipinski definition) is 0. The molecule has 0 bridgehead atoms. The molecular weight excluding hydrogens is 118 g/mol. The van der Waals surface area contributed by atoms with Crippen molar-refractivity contribution in [2.24, 2.45) is 0 Å². The summed E-state index contributed by atoms with van der Waals surface area (Å²) in [6.07, 6.45) is 5.58. The summed E-state index contributed by atoms with van der Waals surface area (Å²) in [7, 11) is 0. The van der Waals surface area contributed by atoms with Crippen molar-refractivity contribution in [3.63, 3.8) is 0 Å². The zero-order valence-electron chi connectivity index (χ0n) is 4.94. The van der Waals surface area contributed by atoms with Crippen LogP contribution in [-0.2, 0) is 0 Å². The molecule has 0 N–H and O–H groups in total. The first-order valence-electron chi connectivity index (χ1n) is 2.67. The standard InChI is InChI=1S/C6H10BCl/c1-3-5-7(8)6-4-2/h3-4H,1-2,5-6H2. The molecule has 44 valence electrons. The van der Waals surface area contributed by atoms with Gasteiger partial charge in [0.05, 0.1) is 0 Å². The van der Waals surface area contributed by atoms with Gasteiger partial charge in [-0.25, -0.2) is 0 Å². The predicted octanol–water partition coefficient (Wildman–Crippen LogP) is 2.59. The first-order valence-corrected chi connectivity index (χ1v) is 3.10. The summed E-state index contributed by atoms with van der Waals surface area (Å²) in [5.41, 5.74) is 0. The predicted molar refractivity (Wildman–Crippen MR) is 41.6 cm³/mol. The van der Waals surface area contributed by atoms with E-state index in [2.05, 4.69) is 13.2 Å². The van der Waals surface area contributed by atoms with Crippen LogP contribution in [0.4, 0.5) is 0 Å². The van der Waals surface area contributed by atoms with Gasteiger partial charge in [-0.05, 0) is 12.6 Å². The smallest absolute Gasteiger partial charge is 0.195 e. The normalized spacial score (nSPS) is 8.12. The van der Waals surface area contributed by atoms with Gasteiger partial charge in [0.15, 0.2) is 0 Å². The molecule has 0 aliphatic rings. The first-order chi connectivity index (χ1) is 3.81. The molecule has 0 heterocycles. The van der Waals surface area contributed by atoms with E-state index < -0.39 is 0 Å². The molecule has 8 heavy (non-hydrogen) atoms. The van der Waals surface area contributed by atoms with Gasteiger partial charge in [-0.3, -0.25) is 0 Å². The maximum absolute atomic E-state index is 5.74. The van der Waals surface area contributed by atoms with E-state index in [9.17, 15) is 0 Å². The summed E-state index contributed by atoms with van der Waals surface area (Å²) in [5.74, 6) is 0. The van der Waals surface area contributed by atoms with Gasteiger partial charge in [0, 0.05) is 0 Å². The third kappa shape index (κ3) is 4.01. The molecule has 0 radical (unpaired) electrons. The second-order valence-corrected chi connectivity index (χ2v) is 2.26. The molecule has 0 fully saturated rings. The molecule has 0 nitrogen and oxygen atoms in total. The molecule has 0 amide bonds. The Bertz CT molecular complexity index is 70.6. The molecule has 0 spiro atoms. The summed E-state index contributed by atoms with van der Waals surface area (Å²) in [4.78, 5) is 0. The SMILES string of the molecule is C=CCB(Cl)CC=C. The number of allylic oxidation sites excluding steroid dienone is 2. The topological polar surface area (TPSA) is 0 Å². The summed E-state index contributed by atoms with van der Waals surface area (Å²) in [6, 6.07) is 0. The van der Waals surface area contributed by atoms with Crippen molar-refractivity contribution in [3.05, 3.63) is 25.3 Å². The van der Waals surface area contributed by atoms with Crippen LogP contribution in [0.1, 0.15) is 0 Å². The van der Waals surface area contributed by atoms with Crippen molar-refractivity contribution < 1.29 is 0 Å². The van der Waals surface area contributed by atoms with Crippen LogP contribution >= 0.6 is 11.5 Å². The van der Waals surface area contributed by atoms with Crippen LogP contribution in [0.25, 0.3) is 0 Å². The van der Waals surface area contributed by atoms with Crippen molar-refractivity contribution >= 4 is 17.6 Å². The van der Waals surface area contributed by atoms with E-state index in [-0.39, 0.29) is 6.13 Å². The molecule has 2 heteroatoms. The number of hydrogen-bond donors (Lipinski definition) is 0. The lowest BCUT2D eigenvalue weighted by atomic mass is 9.69. The number of halogens is 1.